The molecular weight excluding hydrogens is 543 g/mol. The van der Waals surface area contributed by atoms with Gasteiger partial charge in [-0.15, -0.1) is 11.3 Å². The van der Waals surface area contributed by atoms with Gasteiger partial charge in [-0.2, -0.15) is 0 Å². The number of hydrogen-bond donors (Lipinski definition) is 0. The second-order valence-electron chi connectivity index (χ2n) is 10.8. The Hall–Kier alpha value is -5.45. The predicted molar refractivity (Wildman–Crippen MR) is 182 cm³/mol. The summed E-state index contributed by atoms with van der Waals surface area (Å²) in [6.45, 7) is 0. The van der Waals surface area contributed by atoms with Crippen LogP contribution in [0.25, 0.3) is 86.7 Å². The molecule has 43 heavy (non-hydrogen) atoms. The van der Waals surface area contributed by atoms with Gasteiger partial charge in [-0.25, -0.2) is 15.0 Å². The zero-order valence-electron chi connectivity index (χ0n) is 23.0. The van der Waals surface area contributed by atoms with E-state index in [1.807, 2.05) is 72.0 Å². The Morgan fingerprint density at radius 3 is 1.65 bits per heavy atom. The van der Waals surface area contributed by atoms with Crippen molar-refractivity contribution < 1.29 is 0 Å². The van der Waals surface area contributed by atoms with Crippen molar-refractivity contribution in [3.8, 4) is 34.2 Å². The lowest BCUT2D eigenvalue weighted by molar-refractivity contribution is 1.07. The van der Waals surface area contributed by atoms with Crippen LogP contribution in [0.4, 0.5) is 0 Å². The largest absolute Gasteiger partial charge is 0.208 e. The van der Waals surface area contributed by atoms with Gasteiger partial charge in [0, 0.05) is 36.9 Å². The number of benzene rings is 7. The van der Waals surface area contributed by atoms with E-state index in [9.17, 15) is 0 Å². The maximum Gasteiger partial charge on any atom is 0.164 e. The molecule has 4 heteroatoms. The Balaban J connectivity index is 1.27. The first-order valence-electron chi connectivity index (χ1n) is 14.4. The van der Waals surface area contributed by atoms with E-state index in [-0.39, 0.29) is 0 Å². The Labute approximate surface area is 251 Å². The molecule has 0 aliphatic rings. The molecule has 0 amide bonds. The minimum atomic E-state index is 0.666. The topological polar surface area (TPSA) is 38.7 Å². The average molecular weight is 566 g/mol. The van der Waals surface area contributed by atoms with Gasteiger partial charge in [-0.1, -0.05) is 121 Å². The van der Waals surface area contributed by atoms with Crippen LogP contribution in [0.2, 0.25) is 0 Å². The van der Waals surface area contributed by atoms with E-state index >= 15 is 0 Å². The van der Waals surface area contributed by atoms with Gasteiger partial charge in [-0.3, -0.25) is 0 Å². The van der Waals surface area contributed by atoms with Gasteiger partial charge in [-0.05, 0) is 50.5 Å². The van der Waals surface area contributed by atoms with Crippen molar-refractivity contribution in [1.82, 2.24) is 15.0 Å². The quantitative estimate of drug-likeness (QED) is 0.200. The number of thiophene rings is 1. The van der Waals surface area contributed by atoms with Gasteiger partial charge in [0.25, 0.3) is 0 Å². The van der Waals surface area contributed by atoms with Crippen LogP contribution in [-0.4, -0.2) is 15.0 Å². The smallest absolute Gasteiger partial charge is 0.164 e. The summed E-state index contributed by atoms with van der Waals surface area (Å²) in [5, 5.41) is 10.2. The van der Waals surface area contributed by atoms with Crippen LogP contribution in [0.5, 0.6) is 0 Å². The summed E-state index contributed by atoms with van der Waals surface area (Å²) in [4.78, 5) is 14.8. The molecule has 0 radical (unpaired) electrons. The minimum absolute atomic E-state index is 0.666. The summed E-state index contributed by atoms with van der Waals surface area (Å²) in [5.41, 5.74) is 2.90. The van der Waals surface area contributed by atoms with Crippen LogP contribution in [-0.2, 0) is 0 Å². The molecule has 0 unspecified atom stereocenters. The van der Waals surface area contributed by atoms with Crippen molar-refractivity contribution in [1.29, 1.82) is 0 Å². The molecule has 9 aromatic rings. The van der Waals surface area contributed by atoms with Gasteiger partial charge < -0.3 is 0 Å². The van der Waals surface area contributed by atoms with Crippen molar-refractivity contribution in [2.75, 3.05) is 0 Å². The molecule has 2 aromatic heterocycles. The lowest BCUT2D eigenvalue weighted by Gasteiger charge is -2.11. The molecule has 0 spiro atoms. The first-order valence-corrected chi connectivity index (χ1v) is 15.2. The van der Waals surface area contributed by atoms with Gasteiger partial charge >= 0.3 is 0 Å². The summed E-state index contributed by atoms with van der Waals surface area (Å²) < 4.78 is 2.66. The van der Waals surface area contributed by atoms with Crippen LogP contribution < -0.4 is 0 Å². The SMILES string of the molecule is c1ccc(-c2nc(-c3ccccc3)nc(-c3ccc4c(ccc5ccc6c(ccc7sc8ccccc8c76)c54)c3)n2)cc1. The van der Waals surface area contributed by atoms with Gasteiger partial charge in [0.15, 0.2) is 17.5 Å². The maximum absolute atomic E-state index is 4.95. The summed E-state index contributed by atoms with van der Waals surface area (Å²) in [6.07, 6.45) is 0. The summed E-state index contributed by atoms with van der Waals surface area (Å²) in [5.74, 6) is 2.00. The summed E-state index contributed by atoms with van der Waals surface area (Å²) in [6, 6.07) is 49.1. The predicted octanol–water partition coefficient (Wildman–Crippen LogP) is 10.7. The van der Waals surface area contributed by atoms with Gasteiger partial charge in [0.1, 0.15) is 0 Å². The van der Waals surface area contributed by atoms with E-state index in [0.29, 0.717) is 17.5 Å². The molecule has 0 aliphatic carbocycles. The molecule has 0 fully saturated rings. The van der Waals surface area contributed by atoms with Crippen LogP contribution in [0.15, 0.2) is 140 Å². The zero-order chi connectivity index (χ0) is 28.3. The number of aromatic nitrogens is 3. The second kappa shape index (κ2) is 9.55. The summed E-state index contributed by atoms with van der Waals surface area (Å²) >= 11 is 1.87. The normalized spacial score (nSPS) is 11.7. The Kier molecular flexibility index (Phi) is 5.37. The second-order valence-corrected chi connectivity index (χ2v) is 11.9. The lowest BCUT2D eigenvalue weighted by Crippen LogP contribution is -2.00. The summed E-state index contributed by atoms with van der Waals surface area (Å²) in [7, 11) is 0. The number of fused-ring (bicyclic) bond motifs is 9. The van der Waals surface area contributed by atoms with Crippen molar-refractivity contribution in [3.63, 3.8) is 0 Å². The van der Waals surface area contributed by atoms with E-state index in [0.717, 1.165) is 22.1 Å². The van der Waals surface area contributed by atoms with E-state index in [1.165, 1.54) is 47.1 Å². The van der Waals surface area contributed by atoms with E-state index in [4.69, 9.17) is 15.0 Å². The number of nitrogens with zero attached hydrogens (tertiary/aromatic N) is 3. The van der Waals surface area contributed by atoms with Crippen LogP contribution in [0.3, 0.4) is 0 Å². The molecule has 7 aromatic carbocycles. The minimum Gasteiger partial charge on any atom is -0.208 e. The third-order valence-corrected chi connectivity index (χ3v) is 9.43. The fourth-order valence-electron chi connectivity index (χ4n) is 6.27. The highest BCUT2D eigenvalue weighted by atomic mass is 32.1. The van der Waals surface area contributed by atoms with Crippen LogP contribution in [0, 0.1) is 0 Å². The monoisotopic (exact) mass is 565 g/mol. The first-order chi connectivity index (χ1) is 21.3. The van der Waals surface area contributed by atoms with Crippen molar-refractivity contribution in [3.05, 3.63) is 140 Å². The zero-order valence-corrected chi connectivity index (χ0v) is 23.8. The van der Waals surface area contributed by atoms with Crippen molar-refractivity contribution in [2.24, 2.45) is 0 Å². The standard InChI is InChI=1S/C39H23N3S/c1-3-9-25(10-4-1)37-40-38(26-11-5-2-6-12-26)42-39(41-37)28-18-19-29-27(23-28)16-15-24-17-20-31-30(35(24)29)21-22-34-36(31)32-13-7-8-14-33(32)43-34/h1-23H. The third kappa shape index (κ3) is 3.92. The Morgan fingerprint density at radius 2 is 0.907 bits per heavy atom. The maximum atomic E-state index is 4.95. The molecular formula is C39H23N3S. The van der Waals surface area contributed by atoms with Crippen molar-refractivity contribution >= 4 is 63.8 Å². The molecule has 0 bridgehead atoms. The molecule has 3 nitrogen and oxygen atoms in total. The number of rotatable bonds is 3. The molecule has 0 N–H and O–H groups in total. The molecule has 9 rings (SSSR count). The molecule has 200 valence electrons. The lowest BCUT2D eigenvalue weighted by atomic mass is 9.93. The number of hydrogen-bond acceptors (Lipinski definition) is 4. The molecule has 0 atom stereocenters. The highest BCUT2D eigenvalue weighted by Gasteiger charge is 2.15. The molecule has 2 heterocycles. The molecule has 0 saturated carbocycles. The van der Waals surface area contributed by atoms with Gasteiger partial charge in [0.2, 0.25) is 0 Å². The van der Waals surface area contributed by atoms with E-state index in [2.05, 4.69) is 78.9 Å². The van der Waals surface area contributed by atoms with Crippen molar-refractivity contribution in [2.45, 2.75) is 0 Å². The first kappa shape index (κ1) is 24.2. The Morgan fingerprint density at radius 1 is 0.349 bits per heavy atom. The van der Waals surface area contributed by atoms with Gasteiger partial charge in [0.05, 0.1) is 0 Å². The van der Waals surface area contributed by atoms with E-state index < -0.39 is 0 Å². The van der Waals surface area contributed by atoms with Crippen LogP contribution >= 0.6 is 11.3 Å². The molecule has 0 aliphatic heterocycles. The van der Waals surface area contributed by atoms with Crippen LogP contribution in [0.1, 0.15) is 0 Å². The fourth-order valence-corrected chi connectivity index (χ4v) is 7.39. The molecule has 0 saturated heterocycles. The average Bonchev–Trinajstić information content (AvgIpc) is 3.47. The fraction of sp³-hybridized carbons (Fsp3) is 0. The third-order valence-electron chi connectivity index (χ3n) is 8.29. The Bertz CT molecular complexity index is 2440. The highest BCUT2D eigenvalue weighted by Crippen LogP contribution is 2.42. The highest BCUT2D eigenvalue weighted by molar-refractivity contribution is 7.26. The van der Waals surface area contributed by atoms with E-state index in [1.54, 1.807) is 0 Å².